The minimum Gasteiger partial charge on any atom is -0.468 e. The lowest BCUT2D eigenvalue weighted by Crippen LogP contribution is -2.41. The molecule has 2 fully saturated rings. The van der Waals surface area contributed by atoms with Gasteiger partial charge in [-0.2, -0.15) is 0 Å². The predicted octanol–water partition coefficient (Wildman–Crippen LogP) is 2.77. The van der Waals surface area contributed by atoms with Gasteiger partial charge in [-0.25, -0.2) is 0 Å². The van der Waals surface area contributed by atoms with Crippen LogP contribution >= 0.6 is 0 Å². The quantitative estimate of drug-likeness (QED) is 0.719. The third-order valence-electron chi connectivity index (χ3n) is 5.20. The highest BCUT2D eigenvalue weighted by atomic mass is 16.5. The van der Waals surface area contributed by atoms with Gasteiger partial charge in [0.1, 0.15) is 5.76 Å². The molecule has 1 atom stereocenters. The summed E-state index contributed by atoms with van der Waals surface area (Å²) in [6, 6.07) is 3.95. The molecule has 2 aliphatic heterocycles. The molecule has 1 amide bonds. The van der Waals surface area contributed by atoms with Gasteiger partial charge in [0.25, 0.3) is 0 Å². The Morgan fingerprint density at radius 1 is 1.29 bits per heavy atom. The first-order valence-electron chi connectivity index (χ1n) is 9.37. The summed E-state index contributed by atoms with van der Waals surface area (Å²) in [5.74, 6) is 2.10. The van der Waals surface area contributed by atoms with Gasteiger partial charge in [-0.15, -0.1) is 0 Å². The molecule has 5 nitrogen and oxygen atoms in total. The first-order valence-corrected chi connectivity index (χ1v) is 9.37. The Balaban J connectivity index is 1.39. The van der Waals surface area contributed by atoms with Crippen LogP contribution in [0.1, 0.15) is 38.4 Å². The van der Waals surface area contributed by atoms with Crippen molar-refractivity contribution in [1.29, 1.82) is 0 Å². The number of hydrogen-bond donors (Lipinski definition) is 0. The van der Waals surface area contributed by atoms with Gasteiger partial charge in [-0.05, 0) is 50.9 Å². The maximum Gasteiger partial charge on any atom is 0.225 e. The van der Waals surface area contributed by atoms with Crippen LogP contribution in [0.5, 0.6) is 0 Å². The van der Waals surface area contributed by atoms with E-state index < -0.39 is 0 Å². The van der Waals surface area contributed by atoms with Crippen molar-refractivity contribution in [2.45, 2.75) is 39.2 Å². The van der Waals surface area contributed by atoms with E-state index in [0.717, 1.165) is 77.4 Å². The molecule has 0 aliphatic carbocycles. The minimum atomic E-state index is 0.202. The lowest BCUT2D eigenvalue weighted by Gasteiger charge is -2.32. The second kappa shape index (κ2) is 8.67. The SMILES string of the molecule is CCCOC[C@@H]1CCN(C(=O)C2CCN(Cc3ccco3)CC2)C1. The Morgan fingerprint density at radius 2 is 2.12 bits per heavy atom. The lowest BCUT2D eigenvalue weighted by molar-refractivity contribution is -0.136. The van der Waals surface area contributed by atoms with E-state index >= 15 is 0 Å². The number of ether oxygens (including phenoxy) is 1. The minimum absolute atomic E-state index is 0.202. The second-order valence-corrected chi connectivity index (χ2v) is 7.14. The molecule has 134 valence electrons. The average Bonchev–Trinajstić information content (AvgIpc) is 3.27. The van der Waals surface area contributed by atoms with Crippen molar-refractivity contribution >= 4 is 5.91 Å². The monoisotopic (exact) mass is 334 g/mol. The van der Waals surface area contributed by atoms with Gasteiger partial charge in [0, 0.05) is 31.5 Å². The van der Waals surface area contributed by atoms with E-state index in [1.54, 1.807) is 6.26 Å². The number of rotatable bonds is 7. The van der Waals surface area contributed by atoms with Crippen molar-refractivity contribution in [1.82, 2.24) is 9.80 Å². The molecule has 2 saturated heterocycles. The van der Waals surface area contributed by atoms with E-state index in [2.05, 4.69) is 16.7 Å². The van der Waals surface area contributed by atoms with Crippen molar-refractivity contribution in [2.24, 2.45) is 11.8 Å². The van der Waals surface area contributed by atoms with Crippen LogP contribution < -0.4 is 0 Å². The molecule has 0 bridgehead atoms. The number of carbonyl (C=O) groups is 1. The van der Waals surface area contributed by atoms with Crippen LogP contribution in [0.25, 0.3) is 0 Å². The fourth-order valence-corrected chi connectivity index (χ4v) is 3.78. The standard InChI is InChI=1S/C19H30N2O3/c1-2-11-23-15-16-5-10-21(13-16)19(22)17-6-8-20(9-7-17)14-18-4-3-12-24-18/h3-4,12,16-17H,2,5-11,13-15H2,1H3/t16-/m1/s1. The smallest absolute Gasteiger partial charge is 0.225 e. The molecule has 0 spiro atoms. The van der Waals surface area contributed by atoms with Gasteiger partial charge in [0.15, 0.2) is 0 Å². The van der Waals surface area contributed by atoms with Crippen LogP contribution in [0.3, 0.4) is 0 Å². The van der Waals surface area contributed by atoms with Crippen LogP contribution in [0, 0.1) is 11.8 Å². The maximum absolute atomic E-state index is 12.7. The highest BCUT2D eigenvalue weighted by Crippen LogP contribution is 2.25. The number of hydrogen-bond acceptors (Lipinski definition) is 4. The summed E-state index contributed by atoms with van der Waals surface area (Å²) in [6.45, 7) is 8.37. The number of piperidine rings is 1. The number of nitrogens with zero attached hydrogens (tertiary/aromatic N) is 2. The molecular formula is C19H30N2O3. The van der Waals surface area contributed by atoms with Crippen molar-refractivity contribution < 1.29 is 13.9 Å². The highest BCUT2D eigenvalue weighted by Gasteiger charge is 2.32. The molecule has 1 aromatic heterocycles. The third-order valence-corrected chi connectivity index (χ3v) is 5.20. The summed E-state index contributed by atoms with van der Waals surface area (Å²) < 4.78 is 11.1. The predicted molar refractivity (Wildman–Crippen MR) is 92.5 cm³/mol. The Kier molecular flexibility index (Phi) is 6.32. The van der Waals surface area contributed by atoms with Gasteiger partial charge in [0.2, 0.25) is 5.91 Å². The molecule has 1 aromatic rings. The van der Waals surface area contributed by atoms with Crippen LogP contribution in [-0.2, 0) is 16.1 Å². The third kappa shape index (κ3) is 4.61. The Morgan fingerprint density at radius 3 is 2.83 bits per heavy atom. The molecule has 0 unspecified atom stereocenters. The largest absolute Gasteiger partial charge is 0.468 e. The summed E-state index contributed by atoms with van der Waals surface area (Å²) in [4.78, 5) is 17.2. The van der Waals surface area contributed by atoms with Crippen LogP contribution in [-0.4, -0.2) is 55.1 Å². The van der Waals surface area contributed by atoms with E-state index in [9.17, 15) is 4.79 Å². The lowest BCUT2D eigenvalue weighted by atomic mass is 9.95. The first kappa shape index (κ1) is 17.5. The van der Waals surface area contributed by atoms with Crippen LogP contribution in [0.15, 0.2) is 22.8 Å². The van der Waals surface area contributed by atoms with Crippen molar-refractivity contribution in [2.75, 3.05) is 39.4 Å². The summed E-state index contributed by atoms with van der Waals surface area (Å²) in [5.41, 5.74) is 0. The van der Waals surface area contributed by atoms with E-state index in [4.69, 9.17) is 9.15 Å². The first-order chi connectivity index (χ1) is 11.8. The van der Waals surface area contributed by atoms with E-state index in [-0.39, 0.29) is 5.92 Å². The Bertz CT molecular complexity index is 495. The fourth-order valence-electron chi connectivity index (χ4n) is 3.78. The van der Waals surface area contributed by atoms with Gasteiger partial charge in [-0.1, -0.05) is 6.92 Å². The van der Waals surface area contributed by atoms with E-state index in [1.165, 1.54) is 0 Å². The molecule has 0 radical (unpaired) electrons. The number of likely N-dealkylation sites (tertiary alicyclic amines) is 2. The van der Waals surface area contributed by atoms with Crippen molar-refractivity contribution in [3.63, 3.8) is 0 Å². The van der Waals surface area contributed by atoms with Crippen LogP contribution in [0.4, 0.5) is 0 Å². The molecule has 2 aliphatic rings. The van der Waals surface area contributed by atoms with Gasteiger partial charge < -0.3 is 14.1 Å². The molecule has 3 heterocycles. The molecule has 0 N–H and O–H groups in total. The zero-order valence-corrected chi connectivity index (χ0v) is 14.8. The van der Waals surface area contributed by atoms with Crippen molar-refractivity contribution in [3.05, 3.63) is 24.2 Å². The Labute approximate surface area is 144 Å². The van der Waals surface area contributed by atoms with Crippen molar-refractivity contribution in [3.8, 4) is 0 Å². The summed E-state index contributed by atoms with van der Waals surface area (Å²) in [6.07, 6.45) is 5.80. The normalized spacial score (nSPS) is 23.0. The van der Waals surface area contributed by atoms with Crippen LogP contribution in [0.2, 0.25) is 0 Å². The van der Waals surface area contributed by atoms with E-state index in [1.807, 2.05) is 12.1 Å². The summed E-state index contributed by atoms with van der Waals surface area (Å²) in [7, 11) is 0. The fraction of sp³-hybridized carbons (Fsp3) is 0.737. The number of furan rings is 1. The topological polar surface area (TPSA) is 45.9 Å². The molecule has 5 heteroatoms. The maximum atomic E-state index is 12.7. The van der Waals surface area contributed by atoms with Gasteiger partial charge >= 0.3 is 0 Å². The Hall–Kier alpha value is -1.33. The summed E-state index contributed by atoms with van der Waals surface area (Å²) >= 11 is 0. The average molecular weight is 334 g/mol. The summed E-state index contributed by atoms with van der Waals surface area (Å²) in [5, 5.41) is 0. The van der Waals surface area contributed by atoms with E-state index in [0.29, 0.717) is 11.8 Å². The molecule has 0 saturated carbocycles. The zero-order valence-electron chi connectivity index (χ0n) is 14.8. The number of carbonyl (C=O) groups excluding carboxylic acids is 1. The zero-order chi connectivity index (χ0) is 16.8. The molecular weight excluding hydrogens is 304 g/mol. The second-order valence-electron chi connectivity index (χ2n) is 7.14. The number of amides is 1. The van der Waals surface area contributed by atoms with Gasteiger partial charge in [-0.3, -0.25) is 9.69 Å². The highest BCUT2D eigenvalue weighted by molar-refractivity contribution is 5.79. The molecule has 24 heavy (non-hydrogen) atoms. The molecule has 0 aromatic carbocycles. The molecule has 3 rings (SSSR count). The van der Waals surface area contributed by atoms with Gasteiger partial charge in [0.05, 0.1) is 19.4 Å².